The monoisotopic (exact) mass is 238 g/mol. The third-order valence-corrected chi connectivity index (χ3v) is 3.52. The van der Waals surface area contributed by atoms with Crippen LogP contribution in [0.2, 0.25) is 0 Å². The van der Waals surface area contributed by atoms with Crippen LogP contribution in [0, 0.1) is 0 Å². The number of nitrogens with two attached hydrogens (primary N) is 2. The summed E-state index contributed by atoms with van der Waals surface area (Å²) >= 11 is 1.99. The van der Waals surface area contributed by atoms with Crippen molar-refractivity contribution in [3.8, 4) is 0 Å². The van der Waals surface area contributed by atoms with Gasteiger partial charge in [-0.2, -0.15) is 11.8 Å². The highest BCUT2D eigenvalue weighted by molar-refractivity contribution is 7.99. The van der Waals surface area contributed by atoms with Crippen LogP contribution >= 0.6 is 11.8 Å². The maximum absolute atomic E-state index is 5.72. The van der Waals surface area contributed by atoms with Gasteiger partial charge in [-0.15, -0.1) is 0 Å². The third kappa shape index (κ3) is 6.03. The molecule has 0 saturated heterocycles. The number of thioether (sulfide) groups is 1. The molecule has 0 aliphatic carbocycles. The Kier molecular flexibility index (Phi) is 6.34. The van der Waals surface area contributed by atoms with Crippen LogP contribution in [0.15, 0.2) is 24.3 Å². The fourth-order valence-corrected chi connectivity index (χ4v) is 2.59. The van der Waals surface area contributed by atoms with Crippen LogP contribution < -0.4 is 11.5 Å². The zero-order valence-corrected chi connectivity index (χ0v) is 10.8. The molecule has 1 unspecified atom stereocenters. The van der Waals surface area contributed by atoms with E-state index in [1.807, 2.05) is 23.9 Å². The fraction of sp³-hybridized carbons (Fsp3) is 0.538. The molecule has 3 heteroatoms. The molecule has 90 valence electrons. The second-order valence-electron chi connectivity index (χ2n) is 4.23. The first kappa shape index (κ1) is 13.4. The van der Waals surface area contributed by atoms with Gasteiger partial charge in [-0.3, -0.25) is 0 Å². The van der Waals surface area contributed by atoms with Crippen LogP contribution in [0.25, 0.3) is 0 Å². The Morgan fingerprint density at radius 1 is 1.31 bits per heavy atom. The van der Waals surface area contributed by atoms with E-state index in [0.29, 0.717) is 6.04 Å². The second kappa shape index (κ2) is 7.58. The Bertz CT molecular complexity index is 300. The highest BCUT2D eigenvalue weighted by Gasteiger charge is 1.96. The summed E-state index contributed by atoms with van der Waals surface area (Å²) in [5.74, 6) is 2.39. The highest BCUT2D eigenvalue weighted by Crippen LogP contribution is 2.12. The van der Waals surface area contributed by atoms with Crippen LogP contribution in [-0.4, -0.2) is 17.5 Å². The van der Waals surface area contributed by atoms with E-state index >= 15 is 0 Å². The first-order chi connectivity index (χ1) is 7.68. The summed E-state index contributed by atoms with van der Waals surface area (Å²) in [4.78, 5) is 0. The van der Waals surface area contributed by atoms with Gasteiger partial charge in [0.2, 0.25) is 0 Å². The van der Waals surface area contributed by atoms with Gasteiger partial charge in [0.25, 0.3) is 0 Å². The smallest absolute Gasteiger partial charge is 0.0316 e. The summed E-state index contributed by atoms with van der Waals surface area (Å²) in [7, 11) is 0. The molecule has 16 heavy (non-hydrogen) atoms. The zero-order valence-electron chi connectivity index (χ0n) is 9.99. The van der Waals surface area contributed by atoms with E-state index in [1.54, 1.807) is 0 Å². The van der Waals surface area contributed by atoms with Crippen molar-refractivity contribution in [3.63, 3.8) is 0 Å². The lowest BCUT2D eigenvalue weighted by Gasteiger charge is -2.05. The first-order valence-electron chi connectivity index (χ1n) is 5.86. The van der Waals surface area contributed by atoms with Gasteiger partial charge in [0.15, 0.2) is 0 Å². The Labute approximate surface area is 103 Å². The quantitative estimate of drug-likeness (QED) is 0.567. The predicted molar refractivity (Wildman–Crippen MR) is 74.8 cm³/mol. The van der Waals surface area contributed by atoms with Crippen LogP contribution in [0.3, 0.4) is 0 Å². The SMILES string of the molecule is CC(N)CCSCCCc1cccc(N)c1. The minimum Gasteiger partial charge on any atom is -0.399 e. The Hall–Kier alpha value is -0.670. The number of benzene rings is 1. The van der Waals surface area contributed by atoms with E-state index in [-0.39, 0.29) is 0 Å². The van der Waals surface area contributed by atoms with Crippen molar-refractivity contribution in [2.75, 3.05) is 17.2 Å². The molecule has 1 atom stereocenters. The minimum atomic E-state index is 0.335. The van der Waals surface area contributed by atoms with Crippen LogP contribution in [0.4, 0.5) is 5.69 Å². The molecule has 0 heterocycles. The number of anilines is 1. The lowest BCUT2D eigenvalue weighted by molar-refractivity contribution is 0.721. The molecule has 0 aromatic heterocycles. The number of aryl methyl sites for hydroxylation is 1. The predicted octanol–water partition coefficient (Wildman–Crippen LogP) is 2.67. The Morgan fingerprint density at radius 3 is 2.81 bits per heavy atom. The lowest BCUT2D eigenvalue weighted by Crippen LogP contribution is -2.15. The van der Waals surface area contributed by atoms with E-state index < -0.39 is 0 Å². The maximum atomic E-state index is 5.72. The third-order valence-electron chi connectivity index (χ3n) is 2.42. The van der Waals surface area contributed by atoms with Gasteiger partial charge >= 0.3 is 0 Å². The van der Waals surface area contributed by atoms with Crippen molar-refractivity contribution in [1.82, 2.24) is 0 Å². The molecule has 0 spiro atoms. The number of rotatable bonds is 7. The van der Waals surface area contributed by atoms with Crippen molar-refractivity contribution in [1.29, 1.82) is 0 Å². The van der Waals surface area contributed by atoms with E-state index in [0.717, 1.165) is 18.5 Å². The summed E-state index contributed by atoms with van der Waals surface area (Å²) in [5.41, 5.74) is 13.6. The summed E-state index contributed by atoms with van der Waals surface area (Å²) in [5, 5.41) is 0. The van der Waals surface area contributed by atoms with Crippen molar-refractivity contribution in [2.45, 2.75) is 32.2 Å². The van der Waals surface area contributed by atoms with Crippen molar-refractivity contribution in [2.24, 2.45) is 5.73 Å². The molecule has 1 aromatic rings. The molecule has 2 nitrogen and oxygen atoms in total. The summed E-state index contributed by atoms with van der Waals surface area (Å²) in [6, 6.07) is 8.49. The molecule has 1 aromatic carbocycles. The summed E-state index contributed by atoms with van der Waals surface area (Å²) in [6.45, 7) is 2.06. The van der Waals surface area contributed by atoms with Crippen LogP contribution in [0.5, 0.6) is 0 Å². The molecule has 0 radical (unpaired) electrons. The first-order valence-corrected chi connectivity index (χ1v) is 7.01. The van der Waals surface area contributed by atoms with Crippen LogP contribution in [-0.2, 0) is 6.42 Å². The van der Waals surface area contributed by atoms with E-state index in [9.17, 15) is 0 Å². The van der Waals surface area contributed by atoms with Crippen molar-refractivity contribution in [3.05, 3.63) is 29.8 Å². The lowest BCUT2D eigenvalue weighted by atomic mass is 10.1. The highest BCUT2D eigenvalue weighted by atomic mass is 32.2. The number of hydrogen-bond donors (Lipinski definition) is 2. The molecule has 4 N–H and O–H groups in total. The second-order valence-corrected chi connectivity index (χ2v) is 5.45. The van der Waals surface area contributed by atoms with Gasteiger partial charge in [-0.05, 0) is 55.4 Å². The van der Waals surface area contributed by atoms with Gasteiger partial charge in [0.1, 0.15) is 0 Å². The number of hydrogen-bond acceptors (Lipinski definition) is 3. The average molecular weight is 238 g/mol. The van der Waals surface area contributed by atoms with Gasteiger partial charge < -0.3 is 11.5 Å². The minimum absolute atomic E-state index is 0.335. The molecular formula is C13H22N2S. The molecule has 0 fully saturated rings. The van der Waals surface area contributed by atoms with Crippen molar-refractivity contribution < 1.29 is 0 Å². The summed E-state index contributed by atoms with van der Waals surface area (Å²) < 4.78 is 0. The van der Waals surface area contributed by atoms with Gasteiger partial charge in [-0.25, -0.2) is 0 Å². The Balaban J connectivity index is 2.07. The molecule has 0 amide bonds. The molecular weight excluding hydrogens is 216 g/mol. The van der Waals surface area contributed by atoms with Crippen LogP contribution in [0.1, 0.15) is 25.3 Å². The Morgan fingerprint density at radius 2 is 2.12 bits per heavy atom. The zero-order chi connectivity index (χ0) is 11.8. The number of nitrogen functional groups attached to an aromatic ring is 1. The summed E-state index contributed by atoms with van der Waals surface area (Å²) in [6.07, 6.45) is 3.45. The average Bonchev–Trinajstić information content (AvgIpc) is 2.23. The van der Waals surface area contributed by atoms with E-state index in [2.05, 4.69) is 19.1 Å². The van der Waals surface area contributed by atoms with Crippen molar-refractivity contribution >= 4 is 17.4 Å². The molecule has 0 aliphatic heterocycles. The van der Waals surface area contributed by atoms with Gasteiger partial charge in [-0.1, -0.05) is 12.1 Å². The maximum Gasteiger partial charge on any atom is 0.0316 e. The molecule has 0 saturated carbocycles. The largest absolute Gasteiger partial charge is 0.399 e. The topological polar surface area (TPSA) is 52.0 Å². The van der Waals surface area contributed by atoms with E-state index in [1.165, 1.54) is 23.5 Å². The molecule has 1 rings (SSSR count). The van der Waals surface area contributed by atoms with E-state index in [4.69, 9.17) is 11.5 Å². The standard InChI is InChI=1S/C13H22N2S/c1-11(14)7-9-16-8-3-5-12-4-2-6-13(15)10-12/h2,4,6,10-11H,3,5,7-9,14-15H2,1H3. The fourth-order valence-electron chi connectivity index (χ4n) is 1.50. The van der Waals surface area contributed by atoms with Gasteiger partial charge in [0.05, 0.1) is 0 Å². The molecule has 0 aliphatic rings. The molecule has 0 bridgehead atoms. The normalized spacial score (nSPS) is 12.6. The van der Waals surface area contributed by atoms with Gasteiger partial charge in [0, 0.05) is 11.7 Å².